The maximum atomic E-state index is 8.81. The molecule has 0 amide bonds. The molecule has 0 fully saturated rings. The van der Waals surface area contributed by atoms with E-state index >= 15 is 0 Å². The van der Waals surface area contributed by atoms with Crippen molar-refractivity contribution >= 4 is 5.71 Å². The van der Waals surface area contributed by atoms with Crippen molar-refractivity contribution in [3.63, 3.8) is 0 Å². The Morgan fingerprint density at radius 2 is 1.87 bits per heavy atom. The molecule has 3 nitrogen and oxygen atoms in total. The predicted molar refractivity (Wildman–Crippen MR) is 63.0 cm³/mol. The smallest absolute Gasteiger partial charge is 0.102 e. The molecule has 15 heavy (non-hydrogen) atoms. The minimum absolute atomic E-state index is 0.578. The Labute approximate surface area is 91.4 Å². The summed E-state index contributed by atoms with van der Waals surface area (Å²) < 4.78 is 0. The van der Waals surface area contributed by atoms with E-state index in [1.807, 2.05) is 12.2 Å². The van der Waals surface area contributed by atoms with E-state index in [4.69, 9.17) is 10.9 Å². The molecule has 0 bridgehead atoms. The van der Waals surface area contributed by atoms with Gasteiger partial charge in [0.05, 0.1) is 5.70 Å². The van der Waals surface area contributed by atoms with E-state index in [1.165, 1.54) is 25.7 Å². The summed E-state index contributed by atoms with van der Waals surface area (Å²) >= 11 is 0. The summed E-state index contributed by atoms with van der Waals surface area (Å²) in [4.78, 5) is 0. The molecule has 0 atom stereocenters. The Bertz CT molecular complexity index is 267. The van der Waals surface area contributed by atoms with Crippen LogP contribution in [0.1, 0.15) is 44.9 Å². The molecule has 0 aromatic heterocycles. The molecule has 3 N–H and O–H groups in total. The molecule has 0 unspecified atom stereocenters. The van der Waals surface area contributed by atoms with Crippen molar-refractivity contribution in [3.8, 4) is 0 Å². The van der Waals surface area contributed by atoms with Crippen LogP contribution < -0.4 is 5.73 Å². The van der Waals surface area contributed by atoms with E-state index < -0.39 is 0 Å². The first-order valence-electron chi connectivity index (χ1n) is 5.68. The first-order chi connectivity index (χ1) is 7.34. The van der Waals surface area contributed by atoms with Crippen LogP contribution in [0.4, 0.5) is 0 Å². The summed E-state index contributed by atoms with van der Waals surface area (Å²) in [5, 5.41) is 12.1. The maximum absolute atomic E-state index is 8.81. The molecule has 84 valence electrons. The summed E-state index contributed by atoms with van der Waals surface area (Å²) in [5.41, 5.74) is 6.98. The van der Waals surface area contributed by atoms with Crippen LogP contribution in [0, 0.1) is 0 Å². The number of allylic oxidation sites excluding steroid dienone is 4. The Hall–Kier alpha value is -1.25. The van der Waals surface area contributed by atoms with Gasteiger partial charge in [-0.1, -0.05) is 36.6 Å². The highest BCUT2D eigenvalue weighted by molar-refractivity contribution is 5.99. The summed E-state index contributed by atoms with van der Waals surface area (Å²) in [6, 6.07) is 0. The van der Waals surface area contributed by atoms with Crippen LogP contribution in [0.2, 0.25) is 0 Å². The minimum atomic E-state index is 0.578. The van der Waals surface area contributed by atoms with Gasteiger partial charge in [0.1, 0.15) is 5.71 Å². The summed E-state index contributed by atoms with van der Waals surface area (Å²) in [7, 11) is 0. The van der Waals surface area contributed by atoms with Crippen molar-refractivity contribution in [2.45, 2.75) is 44.9 Å². The van der Waals surface area contributed by atoms with Crippen LogP contribution in [-0.2, 0) is 0 Å². The van der Waals surface area contributed by atoms with Gasteiger partial charge in [-0.3, -0.25) is 0 Å². The van der Waals surface area contributed by atoms with Crippen molar-refractivity contribution < 1.29 is 5.21 Å². The van der Waals surface area contributed by atoms with Gasteiger partial charge in [0.15, 0.2) is 0 Å². The normalized spacial score (nSPS) is 28.5. The minimum Gasteiger partial charge on any atom is -0.411 e. The van der Waals surface area contributed by atoms with Gasteiger partial charge in [0.25, 0.3) is 0 Å². The van der Waals surface area contributed by atoms with Crippen LogP contribution in [0.15, 0.2) is 29.1 Å². The van der Waals surface area contributed by atoms with Crippen LogP contribution in [0.5, 0.6) is 0 Å². The lowest BCUT2D eigenvalue weighted by atomic mass is 10.0. The Morgan fingerprint density at radius 1 is 1.13 bits per heavy atom. The zero-order valence-electron chi connectivity index (χ0n) is 9.15. The topological polar surface area (TPSA) is 58.6 Å². The van der Waals surface area contributed by atoms with Crippen molar-refractivity contribution in [3.05, 3.63) is 23.9 Å². The fraction of sp³-hybridized carbons (Fsp3) is 0.583. The van der Waals surface area contributed by atoms with Crippen LogP contribution in [-0.4, -0.2) is 10.9 Å². The largest absolute Gasteiger partial charge is 0.411 e. The molecule has 0 aromatic carbocycles. The van der Waals surface area contributed by atoms with Gasteiger partial charge in [-0.2, -0.15) is 0 Å². The molecule has 0 radical (unpaired) electrons. The summed E-state index contributed by atoms with van der Waals surface area (Å²) in [5.74, 6) is 0. The third-order valence-electron chi connectivity index (χ3n) is 2.65. The first-order valence-corrected chi connectivity index (χ1v) is 5.68. The Balaban J connectivity index is 2.63. The van der Waals surface area contributed by atoms with E-state index in [0.717, 1.165) is 19.3 Å². The van der Waals surface area contributed by atoms with Gasteiger partial charge in [-0.05, 0) is 31.8 Å². The predicted octanol–water partition coefficient (Wildman–Crippen LogP) is 2.96. The van der Waals surface area contributed by atoms with Crippen molar-refractivity contribution in [1.29, 1.82) is 0 Å². The number of nitrogens with zero attached hydrogens (tertiary/aromatic N) is 1. The van der Waals surface area contributed by atoms with E-state index in [0.29, 0.717) is 11.4 Å². The lowest BCUT2D eigenvalue weighted by Crippen LogP contribution is -2.11. The van der Waals surface area contributed by atoms with Gasteiger partial charge in [-0.25, -0.2) is 0 Å². The molecular formula is C12H20N2O. The van der Waals surface area contributed by atoms with Crippen molar-refractivity contribution in [2.75, 3.05) is 0 Å². The molecule has 0 aliphatic heterocycles. The van der Waals surface area contributed by atoms with E-state index in [1.54, 1.807) is 0 Å². The molecule has 0 spiro atoms. The van der Waals surface area contributed by atoms with Gasteiger partial charge in [0.2, 0.25) is 0 Å². The number of rotatable bonds is 0. The van der Waals surface area contributed by atoms with Gasteiger partial charge in [-0.15, -0.1) is 0 Å². The number of nitrogens with two attached hydrogens (primary N) is 1. The highest BCUT2D eigenvalue weighted by Gasteiger charge is 2.03. The molecule has 1 rings (SSSR count). The fourth-order valence-corrected chi connectivity index (χ4v) is 1.70. The van der Waals surface area contributed by atoms with Crippen LogP contribution in [0.3, 0.4) is 0 Å². The Kier molecular flexibility index (Phi) is 5.59. The molecule has 0 saturated heterocycles. The quantitative estimate of drug-likeness (QED) is 0.475. The zero-order chi connectivity index (χ0) is 10.9. The lowest BCUT2D eigenvalue weighted by Gasteiger charge is -2.05. The van der Waals surface area contributed by atoms with E-state index in [9.17, 15) is 0 Å². The fourth-order valence-electron chi connectivity index (χ4n) is 1.70. The second-order valence-electron chi connectivity index (χ2n) is 3.90. The standard InChI is InChI=1S/C12H20N2O/c13-11-9-7-5-3-1-2-4-6-8-10-12(11)14-15/h5,7,9,15H,1-4,6,8,10,13H2/b7-5-,11-9+,14-12?. The third kappa shape index (κ3) is 4.68. The summed E-state index contributed by atoms with van der Waals surface area (Å²) in [6.45, 7) is 0. The average molecular weight is 208 g/mol. The maximum Gasteiger partial charge on any atom is 0.102 e. The molecule has 1 aliphatic carbocycles. The molecule has 0 aromatic rings. The number of oxime groups is 1. The lowest BCUT2D eigenvalue weighted by molar-refractivity contribution is 0.317. The highest BCUT2D eigenvalue weighted by Crippen LogP contribution is 2.11. The molecular weight excluding hydrogens is 188 g/mol. The number of hydrogen-bond acceptors (Lipinski definition) is 3. The second kappa shape index (κ2) is 7.10. The summed E-state index contributed by atoms with van der Waals surface area (Å²) in [6.07, 6.45) is 13.8. The number of hydrogen-bond donors (Lipinski definition) is 2. The third-order valence-corrected chi connectivity index (χ3v) is 2.65. The highest BCUT2D eigenvalue weighted by atomic mass is 16.4. The average Bonchev–Trinajstić information content (AvgIpc) is 2.23. The van der Waals surface area contributed by atoms with Crippen LogP contribution in [0.25, 0.3) is 0 Å². The van der Waals surface area contributed by atoms with Gasteiger partial charge < -0.3 is 10.9 Å². The van der Waals surface area contributed by atoms with E-state index in [-0.39, 0.29) is 0 Å². The van der Waals surface area contributed by atoms with Gasteiger partial charge >= 0.3 is 0 Å². The SMILES string of the molecule is N/C1=C/C=C\CCCCCCCC1=NO. The Morgan fingerprint density at radius 3 is 2.67 bits per heavy atom. The molecule has 0 heterocycles. The van der Waals surface area contributed by atoms with E-state index in [2.05, 4.69) is 11.2 Å². The molecule has 0 saturated carbocycles. The monoisotopic (exact) mass is 208 g/mol. The van der Waals surface area contributed by atoms with Crippen molar-refractivity contribution in [1.82, 2.24) is 0 Å². The molecule has 1 aliphatic rings. The molecule has 3 heteroatoms. The zero-order valence-corrected chi connectivity index (χ0v) is 9.15. The van der Waals surface area contributed by atoms with Crippen molar-refractivity contribution in [2.24, 2.45) is 10.9 Å². The van der Waals surface area contributed by atoms with Crippen LogP contribution >= 0.6 is 0 Å². The van der Waals surface area contributed by atoms with Gasteiger partial charge in [0, 0.05) is 0 Å². The second-order valence-corrected chi connectivity index (χ2v) is 3.90. The first kappa shape index (κ1) is 11.8.